The summed E-state index contributed by atoms with van der Waals surface area (Å²) in [5.74, 6) is 0.00620. The van der Waals surface area contributed by atoms with Crippen LogP contribution >= 0.6 is 0 Å². The van der Waals surface area contributed by atoms with Crippen LogP contribution in [0, 0.1) is 0 Å². The molecule has 8 N–H and O–H groups in total. The molecule has 1 rings (SSSR count). The SMILES string of the molecule is CCCC(O)N(c1nc(N)nc(N)n1)C(O)CCC.O. The standard InChI is InChI=1S/C11H22N6O2.H2O/c1-3-5-7(18)17(8(19)6-4-2)11-15-9(12)14-10(13)16-11;/h7-8,18-19H,3-6H2,1-2H3,(H4,12,13,14,15,16);1H2. The van der Waals surface area contributed by atoms with Crippen LogP contribution in [0.2, 0.25) is 0 Å². The molecule has 0 spiro atoms. The summed E-state index contributed by atoms with van der Waals surface area (Å²) in [4.78, 5) is 12.8. The van der Waals surface area contributed by atoms with E-state index in [2.05, 4.69) is 15.0 Å². The van der Waals surface area contributed by atoms with Crippen LogP contribution in [0.5, 0.6) is 0 Å². The van der Waals surface area contributed by atoms with E-state index >= 15 is 0 Å². The number of aliphatic hydroxyl groups is 2. The van der Waals surface area contributed by atoms with Crippen LogP contribution in [0.4, 0.5) is 17.8 Å². The molecule has 0 saturated carbocycles. The summed E-state index contributed by atoms with van der Waals surface area (Å²) < 4.78 is 0. The number of hydrogen-bond acceptors (Lipinski definition) is 8. The largest absolute Gasteiger partial charge is 0.412 e. The molecule has 0 aliphatic carbocycles. The Morgan fingerprint density at radius 3 is 1.70 bits per heavy atom. The zero-order valence-electron chi connectivity index (χ0n) is 11.8. The second-order valence-corrected chi connectivity index (χ2v) is 4.30. The summed E-state index contributed by atoms with van der Waals surface area (Å²) in [5, 5.41) is 20.3. The van der Waals surface area contributed by atoms with Crippen molar-refractivity contribution in [2.75, 3.05) is 16.4 Å². The number of nitrogens with two attached hydrogens (primary N) is 2. The van der Waals surface area contributed by atoms with Gasteiger partial charge in [0.2, 0.25) is 17.8 Å². The van der Waals surface area contributed by atoms with Gasteiger partial charge in [0.1, 0.15) is 12.5 Å². The normalized spacial score (nSPS) is 13.4. The van der Waals surface area contributed by atoms with Crippen LogP contribution in [0.25, 0.3) is 0 Å². The first kappa shape index (κ1) is 18.3. The van der Waals surface area contributed by atoms with Crippen molar-refractivity contribution in [2.24, 2.45) is 0 Å². The van der Waals surface area contributed by atoms with Gasteiger partial charge in [-0.3, -0.25) is 4.90 Å². The number of rotatable bonds is 7. The van der Waals surface area contributed by atoms with Crippen molar-refractivity contribution < 1.29 is 15.7 Å². The van der Waals surface area contributed by atoms with Crippen molar-refractivity contribution in [1.29, 1.82) is 0 Å². The number of nitrogen functional groups attached to an aromatic ring is 2. The van der Waals surface area contributed by atoms with Gasteiger partial charge >= 0.3 is 0 Å². The zero-order chi connectivity index (χ0) is 14.4. The highest BCUT2D eigenvalue weighted by atomic mass is 16.3. The Morgan fingerprint density at radius 2 is 1.35 bits per heavy atom. The quantitative estimate of drug-likeness (QED) is 0.476. The molecule has 2 unspecified atom stereocenters. The highest BCUT2D eigenvalue weighted by molar-refractivity contribution is 5.40. The van der Waals surface area contributed by atoms with Gasteiger partial charge in [-0.25, -0.2) is 0 Å². The molecule has 0 radical (unpaired) electrons. The third-order valence-corrected chi connectivity index (χ3v) is 2.63. The third-order valence-electron chi connectivity index (χ3n) is 2.63. The Morgan fingerprint density at radius 1 is 0.950 bits per heavy atom. The van der Waals surface area contributed by atoms with Crippen molar-refractivity contribution in [3.8, 4) is 0 Å². The lowest BCUT2D eigenvalue weighted by molar-refractivity contribution is 0.0716. The fraction of sp³-hybridized carbons (Fsp3) is 0.727. The lowest BCUT2D eigenvalue weighted by Gasteiger charge is -2.32. The van der Waals surface area contributed by atoms with Gasteiger partial charge < -0.3 is 27.2 Å². The Balaban J connectivity index is 0.00000361. The lowest BCUT2D eigenvalue weighted by Crippen LogP contribution is -2.44. The molecule has 0 amide bonds. The van der Waals surface area contributed by atoms with Gasteiger partial charge in [0.05, 0.1) is 0 Å². The first-order valence-electron chi connectivity index (χ1n) is 6.41. The van der Waals surface area contributed by atoms with Gasteiger partial charge in [-0.05, 0) is 12.8 Å². The van der Waals surface area contributed by atoms with Crippen LogP contribution < -0.4 is 16.4 Å². The van der Waals surface area contributed by atoms with Gasteiger partial charge in [-0.15, -0.1) is 0 Å². The molecule has 9 heteroatoms. The van der Waals surface area contributed by atoms with Gasteiger partial charge in [0.25, 0.3) is 0 Å². The molecule has 1 heterocycles. The van der Waals surface area contributed by atoms with E-state index in [9.17, 15) is 10.2 Å². The Labute approximate surface area is 118 Å². The summed E-state index contributed by atoms with van der Waals surface area (Å²) >= 11 is 0. The monoisotopic (exact) mass is 288 g/mol. The predicted molar refractivity (Wildman–Crippen MR) is 76.6 cm³/mol. The van der Waals surface area contributed by atoms with E-state index < -0.39 is 12.5 Å². The lowest BCUT2D eigenvalue weighted by atomic mass is 10.2. The number of anilines is 3. The topological polar surface area (TPSA) is 166 Å². The van der Waals surface area contributed by atoms with E-state index in [1.54, 1.807) is 0 Å². The van der Waals surface area contributed by atoms with Crippen LogP contribution in [-0.2, 0) is 0 Å². The van der Waals surface area contributed by atoms with Crippen LogP contribution in [0.3, 0.4) is 0 Å². The molecule has 1 aromatic rings. The van der Waals surface area contributed by atoms with E-state index in [1.165, 1.54) is 4.90 Å². The van der Waals surface area contributed by atoms with E-state index in [1.807, 2.05) is 13.8 Å². The molecule has 2 atom stereocenters. The first-order chi connectivity index (χ1) is 8.99. The Bertz CT molecular complexity index is 373. The molecule has 1 aromatic heterocycles. The summed E-state index contributed by atoms with van der Waals surface area (Å²) in [5.41, 5.74) is 11.0. The van der Waals surface area contributed by atoms with Gasteiger partial charge in [-0.1, -0.05) is 26.7 Å². The number of aromatic nitrogens is 3. The molecule has 0 bridgehead atoms. The molecule has 0 aromatic carbocycles. The second kappa shape index (κ2) is 8.46. The maximum Gasteiger partial charge on any atom is 0.236 e. The number of nitrogens with zero attached hydrogens (tertiary/aromatic N) is 4. The summed E-state index contributed by atoms with van der Waals surface area (Å²) in [6.07, 6.45) is 0.679. The minimum absolute atomic E-state index is 0. The maximum atomic E-state index is 10.1. The van der Waals surface area contributed by atoms with Crippen LogP contribution in [-0.4, -0.2) is 43.1 Å². The van der Waals surface area contributed by atoms with Crippen LogP contribution in [0.15, 0.2) is 0 Å². The summed E-state index contributed by atoms with van der Waals surface area (Å²) in [6.45, 7) is 3.87. The average molecular weight is 288 g/mol. The van der Waals surface area contributed by atoms with E-state index in [4.69, 9.17) is 11.5 Å². The number of hydrogen-bond donors (Lipinski definition) is 4. The molecular weight excluding hydrogens is 264 g/mol. The maximum absolute atomic E-state index is 10.1. The minimum Gasteiger partial charge on any atom is -0.412 e. The first-order valence-corrected chi connectivity index (χ1v) is 6.41. The number of aliphatic hydroxyl groups excluding tert-OH is 2. The highest BCUT2D eigenvalue weighted by Crippen LogP contribution is 2.19. The molecule has 0 saturated heterocycles. The minimum atomic E-state index is -0.896. The van der Waals surface area contributed by atoms with E-state index in [-0.39, 0.29) is 23.3 Å². The summed E-state index contributed by atoms with van der Waals surface area (Å²) in [7, 11) is 0. The molecule has 0 aliphatic heterocycles. The highest BCUT2D eigenvalue weighted by Gasteiger charge is 2.25. The third kappa shape index (κ3) is 4.76. The summed E-state index contributed by atoms with van der Waals surface area (Å²) in [6, 6.07) is 0. The molecule has 0 fully saturated rings. The smallest absolute Gasteiger partial charge is 0.236 e. The molecule has 20 heavy (non-hydrogen) atoms. The fourth-order valence-corrected chi connectivity index (χ4v) is 1.77. The van der Waals surface area contributed by atoms with Crippen molar-refractivity contribution in [2.45, 2.75) is 52.0 Å². The van der Waals surface area contributed by atoms with Crippen LogP contribution in [0.1, 0.15) is 39.5 Å². The van der Waals surface area contributed by atoms with Crippen molar-refractivity contribution >= 4 is 17.8 Å². The van der Waals surface area contributed by atoms with Crippen molar-refractivity contribution in [1.82, 2.24) is 15.0 Å². The van der Waals surface area contributed by atoms with Gasteiger partial charge in [-0.2, -0.15) is 15.0 Å². The zero-order valence-corrected chi connectivity index (χ0v) is 11.8. The average Bonchev–Trinajstić information content (AvgIpc) is 2.28. The fourth-order valence-electron chi connectivity index (χ4n) is 1.77. The van der Waals surface area contributed by atoms with Gasteiger partial charge in [0.15, 0.2) is 0 Å². The molecule has 116 valence electrons. The molecule has 0 aliphatic rings. The molecular formula is C11H24N6O3. The van der Waals surface area contributed by atoms with Crippen molar-refractivity contribution in [3.05, 3.63) is 0 Å². The van der Waals surface area contributed by atoms with E-state index in [0.717, 1.165) is 12.8 Å². The van der Waals surface area contributed by atoms with Crippen molar-refractivity contribution in [3.63, 3.8) is 0 Å². The predicted octanol–water partition coefficient (Wildman–Crippen LogP) is -0.745. The van der Waals surface area contributed by atoms with Gasteiger partial charge in [0, 0.05) is 0 Å². The molecule has 9 nitrogen and oxygen atoms in total. The second-order valence-electron chi connectivity index (χ2n) is 4.30. The van der Waals surface area contributed by atoms with E-state index in [0.29, 0.717) is 12.8 Å². The Kier molecular flexibility index (Phi) is 7.74. The Hall–Kier alpha value is -1.71.